The van der Waals surface area contributed by atoms with Gasteiger partial charge in [-0.25, -0.2) is 4.98 Å². The van der Waals surface area contributed by atoms with Gasteiger partial charge in [0.05, 0.1) is 15.9 Å². The predicted octanol–water partition coefficient (Wildman–Crippen LogP) is 4.66. The largest absolute Gasteiger partial charge is 0.306 e. The van der Waals surface area contributed by atoms with Gasteiger partial charge in [0.1, 0.15) is 5.82 Å². The molecule has 2 aromatic carbocycles. The normalized spacial score (nSPS) is 11.0. The van der Waals surface area contributed by atoms with Gasteiger partial charge in [-0.1, -0.05) is 35.6 Å². The quantitative estimate of drug-likeness (QED) is 0.577. The molecule has 5 nitrogen and oxygen atoms in total. The number of hydrogen-bond donors (Lipinski definition) is 1. The Kier molecular flexibility index (Phi) is 4.05. The first kappa shape index (κ1) is 16.5. The van der Waals surface area contributed by atoms with Crippen molar-refractivity contribution in [1.82, 2.24) is 14.8 Å². The first-order valence-corrected chi connectivity index (χ1v) is 9.14. The molecule has 0 aliphatic rings. The SMILES string of the molecule is Cc1cc(C)c2nc(-n3nc(C)cc3NC(=O)c3ccccc3)sc2c1. The van der Waals surface area contributed by atoms with E-state index in [0.717, 1.165) is 26.6 Å². The van der Waals surface area contributed by atoms with Crippen LogP contribution in [0.4, 0.5) is 5.82 Å². The molecule has 0 atom stereocenters. The number of anilines is 1. The second-order valence-electron chi connectivity index (χ2n) is 6.33. The minimum atomic E-state index is -0.167. The zero-order valence-electron chi connectivity index (χ0n) is 14.8. The van der Waals surface area contributed by atoms with E-state index in [4.69, 9.17) is 4.98 Å². The number of carbonyl (C=O) groups excluding carboxylic acids is 1. The topological polar surface area (TPSA) is 59.8 Å². The molecule has 0 bridgehead atoms. The summed E-state index contributed by atoms with van der Waals surface area (Å²) >= 11 is 1.57. The maximum Gasteiger partial charge on any atom is 0.256 e. The van der Waals surface area contributed by atoms with Crippen LogP contribution in [0, 0.1) is 20.8 Å². The van der Waals surface area contributed by atoms with Crippen molar-refractivity contribution in [2.75, 3.05) is 5.32 Å². The van der Waals surface area contributed by atoms with E-state index in [1.165, 1.54) is 5.56 Å². The average molecular weight is 362 g/mol. The molecule has 26 heavy (non-hydrogen) atoms. The molecule has 0 radical (unpaired) electrons. The van der Waals surface area contributed by atoms with Gasteiger partial charge in [0.15, 0.2) is 0 Å². The van der Waals surface area contributed by atoms with Crippen LogP contribution in [0.2, 0.25) is 0 Å². The third-order valence-corrected chi connectivity index (χ3v) is 5.09. The highest BCUT2D eigenvalue weighted by molar-refractivity contribution is 7.20. The van der Waals surface area contributed by atoms with Gasteiger partial charge >= 0.3 is 0 Å². The molecule has 0 aliphatic heterocycles. The van der Waals surface area contributed by atoms with E-state index < -0.39 is 0 Å². The zero-order chi connectivity index (χ0) is 18.3. The Hall–Kier alpha value is -2.99. The van der Waals surface area contributed by atoms with E-state index in [9.17, 15) is 4.79 Å². The Morgan fingerprint density at radius 3 is 2.62 bits per heavy atom. The van der Waals surface area contributed by atoms with Gasteiger partial charge in [0.25, 0.3) is 5.91 Å². The second-order valence-corrected chi connectivity index (χ2v) is 7.34. The van der Waals surface area contributed by atoms with Crippen LogP contribution in [0.25, 0.3) is 15.3 Å². The van der Waals surface area contributed by atoms with Gasteiger partial charge in [0.2, 0.25) is 5.13 Å². The van der Waals surface area contributed by atoms with E-state index in [1.807, 2.05) is 31.2 Å². The minimum Gasteiger partial charge on any atom is -0.306 e. The lowest BCUT2D eigenvalue weighted by molar-refractivity contribution is 0.102. The smallest absolute Gasteiger partial charge is 0.256 e. The molecule has 0 saturated heterocycles. The minimum absolute atomic E-state index is 0.167. The van der Waals surface area contributed by atoms with Crippen LogP contribution in [-0.2, 0) is 0 Å². The average Bonchev–Trinajstić information content (AvgIpc) is 3.19. The van der Waals surface area contributed by atoms with Gasteiger partial charge in [-0.15, -0.1) is 0 Å². The lowest BCUT2D eigenvalue weighted by atomic mass is 10.1. The summed E-state index contributed by atoms with van der Waals surface area (Å²) in [5.74, 6) is 0.449. The Balaban J connectivity index is 1.74. The van der Waals surface area contributed by atoms with Crippen LogP contribution < -0.4 is 5.32 Å². The molecule has 1 N–H and O–H groups in total. The summed E-state index contributed by atoms with van der Waals surface area (Å²) in [5, 5.41) is 8.21. The first-order valence-electron chi connectivity index (χ1n) is 8.32. The molecule has 0 fully saturated rings. The lowest BCUT2D eigenvalue weighted by Gasteiger charge is -2.06. The molecule has 2 heterocycles. The maximum atomic E-state index is 12.5. The molecule has 1 amide bonds. The molecule has 0 unspecified atom stereocenters. The Bertz CT molecular complexity index is 1110. The monoisotopic (exact) mass is 362 g/mol. The molecule has 4 rings (SSSR count). The van der Waals surface area contributed by atoms with Crippen molar-refractivity contribution in [2.24, 2.45) is 0 Å². The number of carbonyl (C=O) groups is 1. The summed E-state index contributed by atoms with van der Waals surface area (Å²) < 4.78 is 2.82. The standard InChI is InChI=1S/C20H18N4OS/c1-12-9-13(2)18-16(10-12)26-20(22-18)24-17(11-14(3)23-24)21-19(25)15-7-5-4-6-8-15/h4-11H,1-3H3,(H,21,25). The molecule has 130 valence electrons. The van der Waals surface area contributed by atoms with Crippen LogP contribution in [0.1, 0.15) is 27.2 Å². The number of nitrogens with one attached hydrogen (secondary N) is 1. The van der Waals surface area contributed by atoms with Crippen molar-refractivity contribution in [1.29, 1.82) is 0 Å². The highest BCUT2D eigenvalue weighted by Gasteiger charge is 2.16. The Labute approximate surface area is 155 Å². The molecular formula is C20H18N4OS. The molecule has 0 saturated carbocycles. The van der Waals surface area contributed by atoms with E-state index >= 15 is 0 Å². The van der Waals surface area contributed by atoms with Crippen LogP contribution in [0.5, 0.6) is 0 Å². The highest BCUT2D eigenvalue weighted by atomic mass is 32.1. The third kappa shape index (κ3) is 2.99. The number of hydrogen-bond acceptors (Lipinski definition) is 4. The summed E-state index contributed by atoms with van der Waals surface area (Å²) in [6.07, 6.45) is 0. The molecule has 0 spiro atoms. The molecule has 2 aromatic heterocycles. The van der Waals surface area contributed by atoms with Gasteiger partial charge in [-0.2, -0.15) is 9.78 Å². The van der Waals surface area contributed by atoms with Crippen molar-refractivity contribution < 1.29 is 4.79 Å². The van der Waals surface area contributed by atoms with Crippen LogP contribution in [-0.4, -0.2) is 20.7 Å². The molecule has 0 aliphatic carbocycles. The van der Waals surface area contributed by atoms with Crippen molar-refractivity contribution in [3.8, 4) is 5.13 Å². The number of amides is 1. The predicted molar refractivity (Wildman–Crippen MR) is 105 cm³/mol. The summed E-state index contributed by atoms with van der Waals surface area (Å²) in [6.45, 7) is 6.04. The number of fused-ring (bicyclic) bond motifs is 1. The van der Waals surface area contributed by atoms with Crippen LogP contribution in [0.3, 0.4) is 0 Å². The summed E-state index contributed by atoms with van der Waals surface area (Å²) in [7, 11) is 0. The van der Waals surface area contributed by atoms with Crippen LogP contribution >= 0.6 is 11.3 Å². The van der Waals surface area contributed by atoms with Gasteiger partial charge in [-0.3, -0.25) is 4.79 Å². The molecular weight excluding hydrogens is 344 g/mol. The molecule has 6 heteroatoms. The number of thiazole rings is 1. The second kappa shape index (κ2) is 6.38. The summed E-state index contributed by atoms with van der Waals surface area (Å²) in [4.78, 5) is 17.3. The van der Waals surface area contributed by atoms with Gasteiger partial charge in [0, 0.05) is 11.6 Å². The Morgan fingerprint density at radius 2 is 1.85 bits per heavy atom. The van der Waals surface area contributed by atoms with Gasteiger partial charge < -0.3 is 5.32 Å². The highest BCUT2D eigenvalue weighted by Crippen LogP contribution is 2.30. The fourth-order valence-corrected chi connectivity index (χ4v) is 4.07. The van der Waals surface area contributed by atoms with E-state index in [1.54, 1.807) is 28.2 Å². The van der Waals surface area contributed by atoms with Crippen molar-refractivity contribution in [3.05, 3.63) is 70.9 Å². The molecule has 4 aromatic rings. The fourth-order valence-electron chi connectivity index (χ4n) is 2.96. The third-order valence-electron chi connectivity index (χ3n) is 4.11. The van der Waals surface area contributed by atoms with Crippen LogP contribution in [0.15, 0.2) is 48.5 Å². The maximum absolute atomic E-state index is 12.5. The lowest BCUT2D eigenvalue weighted by Crippen LogP contribution is -2.14. The zero-order valence-corrected chi connectivity index (χ0v) is 15.6. The van der Waals surface area contributed by atoms with E-state index in [0.29, 0.717) is 11.4 Å². The number of rotatable bonds is 3. The Morgan fingerprint density at radius 1 is 1.08 bits per heavy atom. The number of aromatic nitrogens is 3. The number of nitrogens with zero attached hydrogens (tertiary/aromatic N) is 3. The summed E-state index contributed by atoms with van der Waals surface area (Å²) in [5.41, 5.74) is 4.75. The number of aryl methyl sites for hydroxylation is 3. The first-order chi connectivity index (χ1) is 12.5. The van der Waals surface area contributed by atoms with Crippen molar-refractivity contribution in [2.45, 2.75) is 20.8 Å². The van der Waals surface area contributed by atoms with E-state index in [2.05, 4.69) is 36.4 Å². The van der Waals surface area contributed by atoms with Gasteiger partial charge in [-0.05, 0) is 50.1 Å². The van der Waals surface area contributed by atoms with E-state index in [-0.39, 0.29) is 5.91 Å². The fraction of sp³-hybridized carbons (Fsp3) is 0.150. The summed E-state index contributed by atoms with van der Waals surface area (Å²) in [6, 6.07) is 15.2. The van der Waals surface area contributed by atoms with Crippen molar-refractivity contribution in [3.63, 3.8) is 0 Å². The van der Waals surface area contributed by atoms with Crippen molar-refractivity contribution >= 4 is 33.3 Å². The number of benzene rings is 2.